The van der Waals surface area contributed by atoms with Crippen LogP contribution < -0.4 is 9.64 Å². The highest BCUT2D eigenvalue weighted by atomic mass is 16.5. The van der Waals surface area contributed by atoms with E-state index < -0.39 is 0 Å². The Labute approximate surface area is 154 Å². The number of methoxy groups -OCH3 is 1. The summed E-state index contributed by atoms with van der Waals surface area (Å²) in [5.74, 6) is 1.56. The zero-order chi connectivity index (χ0) is 17.9. The zero-order valence-corrected chi connectivity index (χ0v) is 15.2. The number of carbonyl (C=O) groups is 1. The number of piperazine rings is 1. The molecule has 5 nitrogen and oxygen atoms in total. The standard InChI is InChI=1S/C21H25N3O2/c1-26-21-7-3-2-6-19(21)24-11-9-23(10-12-24)15-16-13-18-17(20(25)14-16)5-4-8-22-18/h2-8,16H,9-15H2,1H3. The third-order valence-electron chi connectivity index (χ3n) is 5.46. The highest BCUT2D eigenvalue weighted by Crippen LogP contribution is 2.29. The van der Waals surface area contributed by atoms with Crippen LogP contribution in [0.4, 0.5) is 5.69 Å². The molecule has 1 unspecified atom stereocenters. The molecule has 136 valence electrons. The lowest BCUT2D eigenvalue weighted by Crippen LogP contribution is -2.48. The molecule has 0 N–H and O–H groups in total. The third-order valence-corrected chi connectivity index (χ3v) is 5.46. The van der Waals surface area contributed by atoms with Crippen LogP contribution in [0.5, 0.6) is 5.75 Å². The van der Waals surface area contributed by atoms with Gasteiger partial charge >= 0.3 is 0 Å². The predicted molar refractivity (Wildman–Crippen MR) is 102 cm³/mol. The average molecular weight is 351 g/mol. The first-order valence-corrected chi connectivity index (χ1v) is 9.32. The van der Waals surface area contributed by atoms with Gasteiger partial charge in [0.25, 0.3) is 0 Å². The molecule has 1 aliphatic heterocycles. The van der Waals surface area contributed by atoms with Gasteiger partial charge in [-0.2, -0.15) is 0 Å². The van der Waals surface area contributed by atoms with E-state index in [1.807, 2.05) is 24.3 Å². The molecule has 5 heteroatoms. The Hall–Kier alpha value is -2.40. The molecule has 2 heterocycles. The smallest absolute Gasteiger partial charge is 0.165 e. The van der Waals surface area contributed by atoms with Crippen molar-refractivity contribution in [2.45, 2.75) is 12.8 Å². The van der Waals surface area contributed by atoms with Gasteiger partial charge in [-0.15, -0.1) is 0 Å². The second kappa shape index (κ2) is 7.46. The van der Waals surface area contributed by atoms with Gasteiger partial charge in [-0.3, -0.25) is 14.7 Å². The number of para-hydroxylation sites is 2. The number of rotatable bonds is 4. The first-order chi connectivity index (χ1) is 12.7. The summed E-state index contributed by atoms with van der Waals surface area (Å²) in [5, 5.41) is 0. The topological polar surface area (TPSA) is 45.7 Å². The zero-order valence-electron chi connectivity index (χ0n) is 15.2. The lowest BCUT2D eigenvalue weighted by molar-refractivity contribution is 0.0927. The molecule has 0 radical (unpaired) electrons. The van der Waals surface area contributed by atoms with Crippen molar-refractivity contribution in [3.05, 3.63) is 53.9 Å². The lowest BCUT2D eigenvalue weighted by atomic mass is 9.85. The number of ketones is 1. The second-order valence-corrected chi connectivity index (χ2v) is 7.15. The number of Topliss-reactive ketones (excluding diaryl/α,β-unsaturated/α-hetero) is 1. The summed E-state index contributed by atoms with van der Waals surface area (Å²) >= 11 is 0. The van der Waals surface area contributed by atoms with Gasteiger partial charge in [-0.1, -0.05) is 12.1 Å². The van der Waals surface area contributed by atoms with Crippen LogP contribution in [-0.2, 0) is 6.42 Å². The molecule has 1 aliphatic carbocycles. The minimum atomic E-state index is 0.247. The van der Waals surface area contributed by atoms with E-state index in [9.17, 15) is 4.79 Å². The Morgan fingerprint density at radius 3 is 2.69 bits per heavy atom. The molecule has 1 atom stereocenters. The van der Waals surface area contributed by atoms with E-state index in [0.717, 1.165) is 56.2 Å². The monoisotopic (exact) mass is 351 g/mol. The van der Waals surface area contributed by atoms with E-state index in [4.69, 9.17) is 4.74 Å². The van der Waals surface area contributed by atoms with Gasteiger partial charge in [0.1, 0.15) is 5.75 Å². The quantitative estimate of drug-likeness (QED) is 0.847. The minimum Gasteiger partial charge on any atom is -0.495 e. The van der Waals surface area contributed by atoms with Gasteiger partial charge in [0, 0.05) is 50.9 Å². The van der Waals surface area contributed by atoms with Crippen molar-refractivity contribution < 1.29 is 9.53 Å². The molecule has 2 aliphatic rings. The summed E-state index contributed by atoms with van der Waals surface area (Å²) in [5.41, 5.74) is 2.96. The van der Waals surface area contributed by atoms with Gasteiger partial charge in [0.15, 0.2) is 5.78 Å². The SMILES string of the molecule is COc1ccccc1N1CCN(CC2CC(=O)c3cccnc3C2)CC1. The molecule has 0 amide bonds. The summed E-state index contributed by atoms with van der Waals surface area (Å²) < 4.78 is 5.49. The fourth-order valence-corrected chi connectivity index (χ4v) is 4.13. The molecular formula is C21H25N3O2. The molecule has 26 heavy (non-hydrogen) atoms. The van der Waals surface area contributed by atoms with Crippen molar-refractivity contribution in [2.24, 2.45) is 5.92 Å². The largest absolute Gasteiger partial charge is 0.495 e. The first-order valence-electron chi connectivity index (χ1n) is 9.32. The summed E-state index contributed by atoms with van der Waals surface area (Å²) in [6.07, 6.45) is 3.35. The van der Waals surface area contributed by atoms with E-state index >= 15 is 0 Å². The van der Waals surface area contributed by atoms with E-state index in [2.05, 4.69) is 26.9 Å². The van der Waals surface area contributed by atoms with Gasteiger partial charge in [0.2, 0.25) is 0 Å². The molecular weight excluding hydrogens is 326 g/mol. The van der Waals surface area contributed by atoms with Crippen LogP contribution in [-0.4, -0.2) is 55.5 Å². The lowest BCUT2D eigenvalue weighted by Gasteiger charge is -2.38. The highest BCUT2D eigenvalue weighted by molar-refractivity contribution is 5.98. The number of hydrogen-bond acceptors (Lipinski definition) is 5. The van der Waals surface area contributed by atoms with E-state index in [0.29, 0.717) is 12.3 Å². The van der Waals surface area contributed by atoms with Crippen LogP contribution in [0.3, 0.4) is 0 Å². The Bertz CT molecular complexity index is 784. The van der Waals surface area contributed by atoms with Crippen molar-refractivity contribution in [1.82, 2.24) is 9.88 Å². The van der Waals surface area contributed by atoms with Crippen LogP contribution in [0.15, 0.2) is 42.6 Å². The second-order valence-electron chi connectivity index (χ2n) is 7.15. The number of hydrogen-bond donors (Lipinski definition) is 0. The fourth-order valence-electron chi connectivity index (χ4n) is 4.13. The van der Waals surface area contributed by atoms with Crippen LogP contribution in [0.2, 0.25) is 0 Å². The minimum absolute atomic E-state index is 0.247. The van der Waals surface area contributed by atoms with Crippen molar-refractivity contribution in [3.63, 3.8) is 0 Å². The Balaban J connectivity index is 1.35. The molecule has 0 saturated carbocycles. The molecule has 1 saturated heterocycles. The maximum atomic E-state index is 12.4. The number of benzene rings is 1. The van der Waals surface area contributed by atoms with Crippen LogP contribution >= 0.6 is 0 Å². The van der Waals surface area contributed by atoms with Crippen molar-refractivity contribution in [3.8, 4) is 5.75 Å². The average Bonchev–Trinajstić information content (AvgIpc) is 2.69. The number of nitrogens with zero attached hydrogens (tertiary/aromatic N) is 3. The Morgan fingerprint density at radius 2 is 1.88 bits per heavy atom. The highest BCUT2D eigenvalue weighted by Gasteiger charge is 2.28. The van der Waals surface area contributed by atoms with Gasteiger partial charge in [0.05, 0.1) is 18.5 Å². The number of anilines is 1. The summed E-state index contributed by atoms with van der Waals surface area (Å²) in [6, 6.07) is 12.0. The number of aromatic nitrogens is 1. The molecule has 0 spiro atoms. The van der Waals surface area contributed by atoms with E-state index in [-0.39, 0.29) is 5.78 Å². The molecule has 4 rings (SSSR count). The Morgan fingerprint density at radius 1 is 1.08 bits per heavy atom. The third kappa shape index (κ3) is 3.44. The Kier molecular flexibility index (Phi) is 4.89. The fraction of sp³-hybridized carbons (Fsp3) is 0.429. The predicted octanol–water partition coefficient (Wildman–Crippen LogP) is 2.66. The number of fused-ring (bicyclic) bond motifs is 1. The van der Waals surface area contributed by atoms with Gasteiger partial charge in [-0.05, 0) is 36.6 Å². The molecule has 1 fully saturated rings. The normalized spacial score (nSPS) is 20.7. The number of ether oxygens (including phenoxy) is 1. The van der Waals surface area contributed by atoms with Crippen LogP contribution in [0, 0.1) is 5.92 Å². The first kappa shape index (κ1) is 17.0. The van der Waals surface area contributed by atoms with Crippen molar-refractivity contribution in [1.29, 1.82) is 0 Å². The summed E-state index contributed by atoms with van der Waals surface area (Å²) in [4.78, 5) is 21.7. The van der Waals surface area contributed by atoms with Crippen LogP contribution in [0.1, 0.15) is 22.5 Å². The van der Waals surface area contributed by atoms with Gasteiger partial charge in [-0.25, -0.2) is 0 Å². The maximum Gasteiger partial charge on any atom is 0.165 e. The molecule has 2 aromatic rings. The van der Waals surface area contributed by atoms with Crippen LogP contribution in [0.25, 0.3) is 0 Å². The maximum absolute atomic E-state index is 12.4. The van der Waals surface area contributed by atoms with E-state index in [1.165, 1.54) is 5.69 Å². The summed E-state index contributed by atoms with van der Waals surface area (Å²) in [6.45, 7) is 4.96. The summed E-state index contributed by atoms with van der Waals surface area (Å²) in [7, 11) is 1.72. The van der Waals surface area contributed by atoms with Gasteiger partial charge < -0.3 is 9.64 Å². The number of pyridine rings is 1. The van der Waals surface area contributed by atoms with Crippen molar-refractivity contribution in [2.75, 3.05) is 44.7 Å². The molecule has 1 aromatic carbocycles. The van der Waals surface area contributed by atoms with Crippen molar-refractivity contribution >= 4 is 11.5 Å². The molecule has 1 aromatic heterocycles. The van der Waals surface area contributed by atoms with E-state index in [1.54, 1.807) is 13.3 Å². The number of carbonyl (C=O) groups excluding carboxylic acids is 1. The molecule has 0 bridgehead atoms.